The number of nitrogens with one attached hydrogen (secondary N) is 1. The van der Waals surface area contributed by atoms with Gasteiger partial charge in [-0.1, -0.05) is 47.6 Å². The lowest BCUT2D eigenvalue weighted by atomic mass is 10.2. The largest absolute Gasteiger partial charge is 0.497 e. The number of aromatic nitrogens is 2. The molecule has 156 valence electrons. The van der Waals surface area contributed by atoms with Gasteiger partial charge in [-0.15, -0.1) is 0 Å². The van der Waals surface area contributed by atoms with E-state index in [1.807, 2.05) is 6.07 Å². The number of rotatable bonds is 6. The van der Waals surface area contributed by atoms with E-state index < -0.39 is 0 Å². The third kappa shape index (κ3) is 4.73. The van der Waals surface area contributed by atoms with E-state index in [2.05, 4.69) is 10.3 Å². The normalized spacial score (nSPS) is 10.8. The fourth-order valence-corrected chi connectivity index (χ4v) is 4.08. The van der Waals surface area contributed by atoms with E-state index in [9.17, 15) is 9.59 Å². The van der Waals surface area contributed by atoms with Crippen molar-refractivity contribution in [2.45, 2.75) is 5.16 Å². The zero-order valence-corrected chi connectivity index (χ0v) is 18.1. The Bertz CT molecular complexity index is 1320. The quantitative estimate of drug-likeness (QED) is 0.337. The molecule has 0 unspecified atom stereocenters. The van der Waals surface area contributed by atoms with Crippen LogP contribution in [0.4, 0.5) is 5.69 Å². The number of benzene rings is 3. The number of nitrogens with zero attached hydrogens (tertiary/aromatic N) is 2. The molecule has 0 radical (unpaired) electrons. The molecule has 0 bridgehead atoms. The Balaban J connectivity index is 1.65. The number of hydrogen-bond acceptors (Lipinski definition) is 5. The van der Waals surface area contributed by atoms with Gasteiger partial charge in [0.25, 0.3) is 5.56 Å². The van der Waals surface area contributed by atoms with Crippen molar-refractivity contribution in [2.75, 3.05) is 18.2 Å². The first kappa shape index (κ1) is 21.0. The van der Waals surface area contributed by atoms with Crippen molar-refractivity contribution >= 4 is 45.9 Å². The van der Waals surface area contributed by atoms with Gasteiger partial charge < -0.3 is 10.1 Å². The lowest BCUT2D eigenvalue weighted by molar-refractivity contribution is -0.113. The summed E-state index contributed by atoms with van der Waals surface area (Å²) >= 11 is 7.32. The van der Waals surface area contributed by atoms with Gasteiger partial charge in [0.15, 0.2) is 5.16 Å². The van der Waals surface area contributed by atoms with Crippen molar-refractivity contribution < 1.29 is 9.53 Å². The Morgan fingerprint density at radius 2 is 1.90 bits per heavy atom. The third-order valence-electron chi connectivity index (χ3n) is 4.50. The number of thioether (sulfide) groups is 1. The second-order valence-corrected chi connectivity index (χ2v) is 7.98. The van der Waals surface area contributed by atoms with Crippen LogP contribution in [0.2, 0.25) is 5.02 Å². The van der Waals surface area contributed by atoms with E-state index in [-0.39, 0.29) is 17.2 Å². The smallest absolute Gasteiger partial charge is 0.266 e. The van der Waals surface area contributed by atoms with Crippen molar-refractivity contribution in [1.29, 1.82) is 0 Å². The number of amides is 1. The van der Waals surface area contributed by atoms with E-state index in [0.29, 0.717) is 38.2 Å². The first-order valence-electron chi connectivity index (χ1n) is 9.39. The SMILES string of the molecule is COc1cccc(NC(=O)CSc2nc3ccccc3c(=O)n2-c2cccc(Cl)c2)c1. The molecule has 0 aliphatic heterocycles. The Morgan fingerprint density at radius 3 is 2.71 bits per heavy atom. The summed E-state index contributed by atoms with van der Waals surface area (Å²) < 4.78 is 6.66. The zero-order valence-electron chi connectivity index (χ0n) is 16.5. The van der Waals surface area contributed by atoms with Crippen molar-refractivity contribution in [3.05, 3.63) is 88.2 Å². The summed E-state index contributed by atoms with van der Waals surface area (Å²) in [6.45, 7) is 0. The Hall–Kier alpha value is -3.29. The molecular weight excluding hydrogens is 434 g/mol. The fourth-order valence-electron chi connectivity index (χ4n) is 3.08. The number of methoxy groups -OCH3 is 1. The summed E-state index contributed by atoms with van der Waals surface area (Å²) in [5.74, 6) is 0.498. The number of hydrogen-bond donors (Lipinski definition) is 1. The van der Waals surface area contributed by atoms with E-state index in [1.54, 1.807) is 73.8 Å². The maximum Gasteiger partial charge on any atom is 0.266 e. The number of fused-ring (bicyclic) bond motifs is 1. The third-order valence-corrected chi connectivity index (χ3v) is 5.67. The Kier molecular flexibility index (Phi) is 6.25. The molecule has 6 nitrogen and oxygen atoms in total. The van der Waals surface area contributed by atoms with Crippen LogP contribution in [0.25, 0.3) is 16.6 Å². The number of carbonyl (C=O) groups excluding carboxylic acids is 1. The van der Waals surface area contributed by atoms with Gasteiger partial charge in [-0.2, -0.15) is 0 Å². The maximum absolute atomic E-state index is 13.2. The average Bonchev–Trinajstić information content (AvgIpc) is 2.78. The van der Waals surface area contributed by atoms with Gasteiger partial charge in [0.05, 0.1) is 29.5 Å². The molecule has 0 spiro atoms. The van der Waals surface area contributed by atoms with Crippen LogP contribution in [0.5, 0.6) is 5.75 Å². The van der Waals surface area contributed by atoms with Crippen LogP contribution in [0.3, 0.4) is 0 Å². The van der Waals surface area contributed by atoms with E-state index in [1.165, 1.54) is 16.3 Å². The minimum absolute atomic E-state index is 0.0720. The van der Waals surface area contributed by atoms with E-state index >= 15 is 0 Å². The molecule has 0 aliphatic rings. The molecule has 0 aliphatic carbocycles. The first-order valence-corrected chi connectivity index (χ1v) is 10.8. The lowest BCUT2D eigenvalue weighted by Gasteiger charge is -2.13. The summed E-state index contributed by atoms with van der Waals surface area (Å²) in [6, 6.07) is 21.2. The second kappa shape index (κ2) is 9.24. The van der Waals surface area contributed by atoms with E-state index in [4.69, 9.17) is 16.3 Å². The molecule has 31 heavy (non-hydrogen) atoms. The lowest BCUT2D eigenvalue weighted by Crippen LogP contribution is -2.23. The van der Waals surface area contributed by atoms with Crippen LogP contribution in [0.1, 0.15) is 0 Å². The number of para-hydroxylation sites is 1. The molecule has 8 heteroatoms. The van der Waals surface area contributed by atoms with Crippen LogP contribution in [-0.2, 0) is 4.79 Å². The summed E-state index contributed by atoms with van der Waals surface area (Å²) in [4.78, 5) is 30.4. The van der Waals surface area contributed by atoms with Gasteiger partial charge in [-0.05, 0) is 42.5 Å². The van der Waals surface area contributed by atoms with Gasteiger partial charge in [-0.3, -0.25) is 14.2 Å². The highest BCUT2D eigenvalue weighted by atomic mass is 35.5. The molecule has 1 N–H and O–H groups in total. The van der Waals surface area contributed by atoms with Gasteiger partial charge in [0.1, 0.15) is 5.75 Å². The van der Waals surface area contributed by atoms with Crippen LogP contribution >= 0.6 is 23.4 Å². The molecular formula is C23H18ClN3O3S. The van der Waals surface area contributed by atoms with Crippen LogP contribution < -0.4 is 15.6 Å². The van der Waals surface area contributed by atoms with Gasteiger partial charge >= 0.3 is 0 Å². The molecule has 0 atom stereocenters. The van der Waals surface area contributed by atoms with Crippen LogP contribution in [-0.4, -0.2) is 28.3 Å². The van der Waals surface area contributed by atoms with Crippen molar-refractivity contribution in [3.8, 4) is 11.4 Å². The molecule has 4 aromatic rings. The van der Waals surface area contributed by atoms with Crippen molar-refractivity contribution in [2.24, 2.45) is 0 Å². The molecule has 0 fully saturated rings. The minimum Gasteiger partial charge on any atom is -0.497 e. The Labute approximate surface area is 187 Å². The summed E-state index contributed by atoms with van der Waals surface area (Å²) in [7, 11) is 1.57. The predicted molar refractivity (Wildman–Crippen MR) is 125 cm³/mol. The second-order valence-electron chi connectivity index (χ2n) is 6.60. The first-order chi connectivity index (χ1) is 15.0. The molecule has 1 amide bonds. The molecule has 1 heterocycles. The molecule has 0 saturated carbocycles. The molecule has 1 aromatic heterocycles. The number of ether oxygens (including phenoxy) is 1. The summed E-state index contributed by atoms with van der Waals surface area (Å²) in [5, 5.41) is 4.24. The van der Waals surface area contributed by atoms with Crippen LogP contribution in [0, 0.1) is 0 Å². The van der Waals surface area contributed by atoms with Crippen LogP contribution in [0.15, 0.2) is 82.7 Å². The summed E-state index contributed by atoms with van der Waals surface area (Å²) in [5.41, 5.74) is 1.57. The molecule has 4 rings (SSSR count). The van der Waals surface area contributed by atoms with Crippen molar-refractivity contribution in [1.82, 2.24) is 9.55 Å². The number of carbonyl (C=O) groups is 1. The Morgan fingerprint density at radius 1 is 1.10 bits per heavy atom. The fraction of sp³-hybridized carbons (Fsp3) is 0.0870. The highest BCUT2D eigenvalue weighted by molar-refractivity contribution is 7.99. The predicted octanol–water partition coefficient (Wildman–Crippen LogP) is 4.78. The number of anilines is 1. The van der Waals surface area contributed by atoms with Gasteiger partial charge in [0, 0.05) is 16.8 Å². The van der Waals surface area contributed by atoms with Gasteiger partial charge in [-0.25, -0.2) is 4.98 Å². The molecule has 0 saturated heterocycles. The maximum atomic E-state index is 13.2. The van der Waals surface area contributed by atoms with E-state index in [0.717, 1.165) is 0 Å². The molecule has 3 aromatic carbocycles. The topological polar surface area (TPSA) is 73.2 Å². The van der Waals surface area contributed by atoms with Gasteiger partial charge in [0.2, 0.25) is 5.91 Å². The monoisotopic (exact) mass is 451 g/mol. The highest BCUT2D eigenvalue weighted by Crippen LogP contribution is 2.23. The zero-order chi connectivity index (χ0) is 21.8. The minimum atomic E-state index is -0.224. The van der Waals surface area contributed by atoms with Crippen molar-refractivity contribution in [3.63, 3.8) is 0 Å². The number of halogens is 1. The average molecular weight is 452 g/mol. The highest BCUT2D eigenvalue weighted by Gasteiger charge is 2.15. The summed E-state index contributed by atoms with van der Waals surface area (Å²) in [6.07, 6.45) is 0. The standard InChI is InChI=1S/C23H18ClN3O3S/c1-30-18-9-5-7-16(13-18)25-21(28)14-31-23-26-20-11-3-2-10-19(20)22(29)27(23)17-8-4-6-15(24)12-17/h2-13H,14H2,1H3,(H,25,28).